The standard InChI is InChI=1S/C13H15N5O4/c1-6-8-9(22-13(2,3)21-8)12(20-6)17-4-15-7-10(14)18(19)5-16-11(7)17/h4-5,8-9,12,14,19H,1H2,2-3H3/t8-,9-,12+/m1/s1. The number of imidazole rings is 1. The molecular formula is C13H15N5O4. The maximum atomic E-state index is 9.48. The third-order valence-corrected chi connectivity index (χ3v) is 3.78. The van der Waals surface area contributed by atoms with E-state index in [0.29, 0.717) is 16.1 Å². The molecule has 2 saturated heterocycles. The summed E-state index contributed by atoms with van der Waals surface area (Å²) in [5, 5.41) is 17.3. The van der Waals surface area contributed by atoms with Gasteiger partial charge in [0.25, 0.3) is 0 Å². The summed E-state index contributed by atoms with van der Waals surface area (Å²) in [7, 11) is 0. The summed E-state index contributed by atoms with van der Waals surface area (Å²) in [6.45, 7) is 7.53. The van der Waals surface area contributed by atoms with Gasteiger partial charge in [-0.15, -0.1) is 0 Å². The monoisotopic (exact) mass is 305 g/mol. The lowest BCUT2D eigenvalue weighted by Crippen LogP contribution is -2.28. The molecule has 0 bridgehead atoms. The van der Waals surface area contributed by atoms with Crippen molar-refractivity contribution >= 4 is 11.2 Å². The topological polar surface area (TPSA) is 107 Å². The highest BCUT2D eigenvalue weighted by Gasteiger charge is 2.54. The summed E-state index contributed by atoms with van der Waals surface area (Å²) in [5.41, 5.74) is 0.531. The van der Waals surface area contributed by atoms with Gasteiger partial charge in [-0.25, -0.2) is 9.97 Å². The van der Waals surface area contributed by atoms with E-state index in [-0.39, 0.29) is 23.2 Å². The van der Waals surface area contributed by atoms with Gasteiger partial charge in [0.05, 0.1) is 0 Å². The van der Waals surface area contributed by atoms with Gasteiger partial charge in [-0.05, 0) is 13.8 Å². The molecule has 0 unspecified atom stereocenters. The summed E-state index contributed by atoms with van der Waals surface area (Å²) in [5.74, 6) is -0.236. The third kappa shape index (κ3) is 1.69. The van der Waals surface area contributed by atoms with E-state index in [1.165, 1.54) is 6.33 Å². The van der Waals surface area contributed by atoms with Gasteiger partial charge in [0.15, 0.2) is 28.5 Å². The second-order valence-electron chi connectivity index (χ2n) is 5.76. The number of fused-ring (bicyclic) bond motifs is 2. The molecule has 4 heterocycles. The molecule has 2 fully saturated rings. The van der Waals surface area contributed by atoms with Gasteiger partial charge in [-0.2, -0.15) is 4.73 Å². The zero-order valence-electron chi connectivity index (χ0n) is 12.1. The Hall–Kier alpha value is -2.39. The van der Waals surface area contributed by atoms with Crippen molar-refractivity contribution in [1.82, 2.24) is 19.3 Å². The van der Waals surface area contributed by atoms with Crippen LogP contribution in [0.15, 0.2) is 25.0 Å². The zero-order chi connectivity index (χ0) is 15.6. The number of rotatable bonds is 1. The zero-order valence-corrected chi connectivity index (χ0v) is 12.1. The average molecular weight is 305 g/mol. The molecule has 0 radical (unpaired) electrons. The van der Waals surface area contributed by atoms with Crippen molar-refractivity contribution in [2.24, 2.45) is 0 Å². The molecule has 116 valence electrons. The molecule has 0 aromatic carbocycles. The van der Waals surface area contributed by atoms with Crippen molar-refractivity contribution in [3.05, 3.63) is 30.5 Å². The maximum absolute atomic E-state index is 9.48. The maximum Gasteiger partial charge on any atom is 0.207 e. The highest BCUT2D eigenvalue weighted by atomic mass is 16.8. The van der Waals surface area contributed by atoms with Gasteiger partial charge in [-0.1, -0.05) is 6.58 Å². The Balaban J connectivity index is 1.81. The number of aromatic nitrogens is 4. The molecule has 9 heteroatoms. The molecular weight excluding hydrogens is 290 g/mol. The highest BCUT2D eigenvalue weighted by Crippen LogP contribution is 2.44. The van der Waals surface area contributed by atoms with Crippen LogP contribution in [0.25, 0.3) is 11.2 Å². The molecule has 0 amide bonds. The van der Waals surface area contributed by atoms with Crippen molar-refractivity contribution in [3.8, 4) is 0 Å². The third-order valence-electron chi connectivity index (χ3n) is 3.78. The van der Waals surface area contributed by atoms with Crippen LogP contribution in [0.1, 0.15) is 20.1 Å². The summed E-state index contributed by atoms with van der Waals surface area (Å²) in [6.07, 6.45) is 1.37. The molecule has 9 nitrogen and oxygen atoms in total. The number of nitrogens with one attached hydrogen (secondary N) is 1. The van der Waals surface area contributed by atoms with Crippen LogP contribution in [0, 0.1) is 5.41 Å². The molecule has 0 aliphatic carbocycles. The lowest BCUT2D eigenvalue weighted by Gasteiger charge is -2.23. The van der Waals surface area contributed by atoms with E-state index in [4.69, 9.17) is 19.6 Å². The summed E-state index contributed by atoms with van der Waals surface area (Å²) < 4.78 is 19.7. The van der Waals surface area contributed by atoms with Crippen molar-refractivity contribution in [2.45, 2.75) is 38.1 Å². The van der Waals surface area contributed by atoms with Crippen LogP contribution in [0.2, 0.25) is 0 Å². The van der Waals surface area contributed by atoms with E-state index in [9.17, 15) is 5.21 Å². The molecule has 0 spiro atoms. The van der Waals surface area contributed by atoms with E-state index >= 15 is 0 Å². The predicted molar refractivity (Wildman–Crippen MR) is 71.6 cm³/mol. The van der Waals surface area contributed by atoms with Crippen LogP contribution in [0.5, 0.6) is 0 Å². The van der Waals surface area contributed by atoms with Crippen LogP contribution in [-0.2, 0) is 14.2 Å². The number of hydrogen-bond acceptors (Lipinski definition) is 7. The predicted octanol–water partition coefficient (Wildman–Crippen LogP) is 0.512. The smallest absolute Gasteiger partial charge is 0.207 e. The van der Waals surface area contributed by atoms with Gasteiger partial charge in [0, 0.05) is 0 Å². The van der Waals surface area contributed by atoms with Gasteiger partial charge >= 0.3 is 0 Å². The van der Waals surface area contributed by atoms with E-state index < -0.39 is 12.0 Å². The fraction of sp³-hybridized carbons (Fsp3) is 0.462. The Kier molecular flexibility index (Phi) is 2.46. The first-order valence-electron chi connectivity index (χ1n) is 6.76. The van der Waals surface area contributed by atoms with Crippen molar-refractivity contribution in [1.29, 1.82) is 5.41 Å². The van der Waals surface area contributed by atoms with Gasteiger partial charge in [0.2, 0.25) is 6.23 Å². The first kappa shape index (κ1) is 13.3. The molecule has 2 aromatic rings. The molecule has 22 heavy (non-hydrogen) atoms. The SMILES string of the molecule is C=C1O[C@H](n2cnc3c(=N)n(O)cnc32)[C@@H]2OC(C)(C)O[C@H]12. The highest BCUT2D eigenvalue weighted by molar-refractivity contribution is 5.68. The Morgan fingerprint density at radius 3 is 2.86 bits per heavy atom. The minimum Gasteiger partial charge on any atom is -0.469 e. The quantitative estimate of drug-likeness (QED) is 0.743. The van der Waals surface area contributed by atoms with E-state index in [1.807, 2.05) is 13.8 Å². The van der Waals surface area contributed by atoms with E-state index in [0.717, 1.165) is 6.33 Å². The van der Waals surface area contributed by atoms with Crippen LogP contribution in [-0.4, -0.2) is 42.5 Å². The summed E-state index contributed by atoms with van der Waals surface area (Å²) in [6, 6.07) is 0. The first-order valence-corrected chi connectivity index (χ1v) is 6.76. The lowest BCUT2D eigenvalue weighted by molar-refractivity contribution is -0.173. The second-order valence-corrected chi connectivity index (χ2v) is 5.76. The molecule has 2 aliphatic heterocycles. The Bertz CT molecular complexity index is 839. The fourth-order valence-corrected chi connectivity index (χ4v) is 2.86. The van der Waals surface area contributed by atoms with Crippen LogP contribution < -0.4 is 5.49 Å². The number of hydrogen-bond donors (Lipinski definition) is 2. The second kappa shape index (κ2) is 4.08. The molecule has 2 aromatic heterocycles. The summed E-state index contributed by atoms with van der Waals surface area (Å²) >= 11 is 0. The van der Waals surface area contributed by atoms with Crippen molar-refractivity contribution < 1.29 is 19.4 Å². The average Bonchev–Trinajstić information content (AvgIpc) is 3.08. The Labute approximate surface area is 124 Å². The van der Waals surface area contributed by atoms with Crippen LogP contribution in [0.4, 0.5) is 0 Å². The van der Waals surface area contributed by atoms with Crippen LogP contribution in [0.3, 0.4) is 0 Å². The van der Waals surface area contributed by atoms with Crippen molar-refractivity contribution in [3.63, 3.8) is 0 Å². The summed E-state index contributed by atoms with van der Waals surface area (Å²) in [4.78, 5) is 8.23. The minimum atomic E-state index is -0.723. The van der Waals surface area contributed by atoms with Crippen molar-refractivity contribution in [2.75, 3.05) is 0 Å². The molecule has 0 saturated carbocycles. The molecule has 3 atom stereocenters. The van der Waals surface area contributed by atoms with Gasteiger partial charge < -0.3 is 19.4 Å². The molecule has 2 N–H and O–H groups in total. The minimum absolute atomic E-state index is 0.152. The number of nitrogens with zero attached hydrogens (tertiary/aromatic N) is 4. The largest absolute Gasteiger partial charge is 0.469 e. The Morgan fingerprint density at radius 1 is 1.32 bits per heavy atom. The normalized spacial score (nSPS) is 29.7. The number of ether oxygens (including phenoxy) is 3. The van der Waals surface area contributed by atoms with Crippen LogP contribution >= 0.6 is 0 Å². The first-order chi connectivity index (χ1) is 10.4. The van der Waals surface area contributed by atoms with Gasteiger partial charge in [-0.3, -0.25) is 9.98 Å². The van der Waals surface area contributed by atoms with Gasteiger partial charge in [0.1, 0.15) is 24.5 Å². The molecule has 2 aliphatic rings. The fourth-order valence-electron chi connectivity index (χ4n) is 2.86. The molecule has 4 rings (SSSR count). The van der Waals surface area contributed by atoms with E-state index in [2.05, 4.69) is 16.5 Å². The van der Waals surface area contributed by atoms with E-state index in [1.54, 1.807) is 4.57 Å². The lowest BCUT2D eigenvalue weighted by atomic mass is 10.2. The Morgan fingerprint density at radius 2 is 2.09 bits per heavy atom.